The molecule has 0 heterocycles. The summed E-state index contributed by atoms with van der Waals surface area (Å²) in [6.45, 7) is 0. The van der Waals surface area contributed by atoms with Gasteiger partial charge in [0.05, 0.1) is 6.10 Å². The number of ketones is 1. The number of aliphatic hydroxyl groups excluding tert-OH is 1. The van der Waals surface area contributed by atoms with Crippen LogP contribution in [0.15, 0.2) is 54.6 Å². The van der Waals surface area contributed by atoms with Crippen LogP contribution in [0, 0.1) is 0 Å². The summed E-state index contributed by atoms with van der Waals surface area (Å²) in [5.74, 6) is -1.88. The summed E-state index contributed by atoms with van der Waals surface area (Å²) in [5.41, 5.74) is 1.14. The third-order valence-corrected chi connectivity index (χ3v) is 3.36. The molecule has 22 heavy (non-hydrogen) atoms. The lowest BCUT2D eigenvalue weighted by Gasteiger charge is -2.12. The largest absolute Gasteiger partial charge is 0.454 e. The van der Waals surface area contributed by atoms with E-state index in [-0.39, 0.29) is 0 Å². The Morgan fingerprint density at radius 1 is 1.00 bits per heavy atom. The van der Waals surface area contributed by atoms with Crippen molar-refractivity contribution in [1.29, 1.82) is 0 Å². The van der Waals surface area contributed by atoms with Gasteiger partial charge in [-0.15, -0.1) is 0 Å². The van der Waals surface area contributed by atoms with Gasteiger partial charge in [0.15, 0.2) is 0 Å². The van der Waals surface area contributed by atoms with E-state index < -0.39 is 23.6 Å². The Labute approximate surface area is 126 Å². The highest BCUT2D eigenvalue weighted by Gasteiger charge is 2.39. The highest BCUT2D eigenvalue weighted by molar-refractivity contribution is 6.00. The summed E-state index contributed by atoms with van der Waals surface area (Å²) >= 11 is 0. The summed E-state index contributed by atoms with van der Waals surface area (Å²) in [4.78, 5) is 11.1. The van der Waals surface area contributed by atoms with E-state index in [1.54, 1.807) is 0 Å². The minimum Gasteiger partial charge on any atom is -0.388 e. The summed E-state index contributed by atoms with van der Waals surface area (Å²) in [6, 6.07) is 14.5. The van der Waals surface area contributed by atoms with E-state index in [2.05, 4.69) is 0 Å². The van der Waals surface area contributed by atoms with Gasteiger partial charge in [0.25, 0.3) is 5.78 Å². The first-order valence-corrected chi connectivity index (χ1v) is 6.81. The van der Waals surface area contributed by atoms with Gasteiger partial charge in [0.1, 0.15) is 0 Å². The van der Waals surface area contributed by atoms with Gasteiger partial charge in [-0.2, -0.15) is 13.2 Å². The van der Waals surface area contributed by atoms with Crippen molar-refractivity contribution in [3.05, 3.63) is 71.3 Å². The zero-order valence-electron chi connectivity index (χ0n) is 11.7. The van der Waals surface area contributed by atoms with Gasteiger partial charge in [-0.3, -0.25) is 4.79 Å². The first kappa shape index (κ1) is 16.2. The number of hydrogen-bond acceptors (Lipinski definition) is 2. The summed E-state index contributed by atoms with van der Waals surface area (Å²) in [5, 5.41) is 10.1. The van der Waals surface area contributed by atoms with Crippen molar-refractivity contribution >= 4 is 5.78 Å². The van der Waals surface area contributed by atoms with Gasteiger partial charge < -0.3 is 5.11 Å². The molecule has 2 aromatic carbocycles. The van der Waals surface area contributed by atoms with Gasteiger partial charge in [-0.25, -0.2) is 0 Å². The molecule has 1 N–H and O–H groups in total. The molecule has 0 aromatic heterocycles. The lowest BCUT2D eigenvalue weighted by Crippen LogP contribution is -2.22. The second-order valence-electron chi connectivity index (χ2n) is 4.99. The molecular weight excluding hydrogens is 293 g/mol. The van der Waals surface area contributed by atoms with Gasteiger partial charge in [0.2, 0.25) is 0 Å². The van der Waals surface area contributed by atoms with E-state index in [0.717, 1.165) is 17.7 Å². The average molecular weight is 308 g/mol. The minimum absolute atomic E-state index is 0.425. The maximum Gasteiger partial charge on any atom is 0.454 e. The first-order valence-electron chi connectivity index (χ1n) is 6.81. The van der Waals surface area contributed by atoms with Crippen molar-refractivity contribution < 1.29 is 23.1 Å². The molecule has 0 aliphatic carbocycles. The molecule has 0 bridgehead atoms. The summed E-state index contributed by atoms with van der Waals surface area (Å²) in [7, 11) is 0. The maximum atomic E-state index is 12.3. The predicted octanol–water partition coefficient (Wildman–Crippen LogP) is 4.10. The zero-order valence-corrected chi connectivity index (χ0v) is 11.7. The van der Waals surface area contributed by atoms with Crippen LogP contribution >= 0.6 is 0 Å². The van der Waals surface area contributed by atoms with Crippen molar-refractivity contribution in [2.45, 2.75) is 25.1 Å². The molecule has 0 fully saturated rings. The van der Waals surface area contributed by atoms with Crippen LogP contribution in [0.3, 0.4) is 0 Å². The van der Waals surface area contributed by atoms with E-state index >= 15 is 0 Å². The Balaban J connectivity index is 1.99. The molecule has 2 aromatic rings. The Kier molecular flexibility index (Phi) is 4.98. The summed E-state index contributed by atoms with van der Waals surface area (Å²) in [6.07, 6.45) is -4.55. The fraction of sp³-hybridized carbons (Fsp3) is 0.235. The summed E-state index contributed by atoms with van der Waals surface area (Å²) < 4.78 is 36.9. The number of alkyl halides is 3. The number of carbonyl (C=O) groups excluding carboxylic acids is 1. The molecule has 0 spiro atoms. The lowest BCUT2D eigenvalue weighted by molar-refractivity contribution is -0.0885. The Bertz CT molecular complexity index is 619. The number of aliphatic hydroxyl groups is 1. The molecule has 1 unspecified atom stereocenters. The fourth-order valence-electron chi connectivity index (χ4n) is 2.14. The zero-order chi connectivity index (χ0) is 16.2. The van der Waals surface area contributed by atoms with Crippen LogP contribution in [0.2, 0.25) is 0 Å². The van der Waals surface area contributed by atoms with E-state index in [1.165, 1.54) is 12.1 Å². The second kappa shape index (κ2) is 6.75. The van der Waals surface area contributed by atoms with Crippen LogP contribution in [0.1, 0.15) is 34.0 Å². The van der Waals surface area contributed by atoms with Crippen LogP contribution in [0.5, 0.6) is 0 Å². The molecule has 2 rings (SSSR count). The molecule has 1 atom stereocenters. The second-order valence-corrected chi connectivity index (χ2v) is 4.99. The highest BCUT2D eigenvalue weighted by atomic mass is 19.4. The SMILES string of the molecule is O=C(c1ccc(C(O)CCc2ccccc2)cc1)C(F)(F)F. The molecular formula is C17H15F3O2. The number of rotatable bonds is 5. The van der Waals surface area contributed by atoms with Crippen molar-refractivity contribution in [2.24, 2.45) is 0 Å². The highest BCUT2D eigenvalue weighted by Crippen LogP contribution is 2.24. The quantitative estimate of drug-likeness (QED) is 0.844. The van der Waals surface area contributed by atoms with Crippen molar-refractivity contribution in [2.75, 3.05) is 0 Å². The van der Waals surface area contributed by atoms with Crippen molar-refractivity contribution in [1.82, 2.24) is 0 Å². The molecule has 0 aliphatic heterocycles. The first-order chi connectivity index (χ1) is 10.4. The van der Waals surface area contributed by atoms with Gasteiger partial charge in [-0.05, 0) is 24.0 Å². The van der Waals surface area contributed by atoms with Crippen molar-refractivity contribution in [3.8, 4) is 0 Å². The Morgan fingerprint density at radius 3 is 2.14 bits per heavy atom. The Hall–Kier alpha value is -2.14. The number of carbonyl (C=O) groups is 1. The van der Waals surface area contributed by atoms with E-state index in [9.17, 15) is 23.1 Å². The minimum atomic E-state index is -4.88. The number of benzene rings is 2. The monoisotopic (exact) mass is 308 g/mol. The van der Waals surface area contributed by atoms with E-state index in [0.29, 0.717) is 18.4 Å². The molecule has 2 nitrogen and oxygen atoms in total. The third-order valence-electron chi connectivity index (χ3n) is 3.36. The molecule has 0 saturated heterocycles. The van der Waals surface area contributed by atoms with Crippen LogP contribution < -0.4 is 0 Å². The fourth-order valence-corrected chi connectivity index (χ4v) is 2.14. The van der Waals surface area contributed by atoms with Crippen molar-refractivity contribution in [3.63, 3.8) is 0 Å². The molecule has 0 amide bonds. The van der Waals surface area contributed by atoms with Gasteiger partial charge in [-0.1, -0.05) is 54.6 Å². The number of hydrogen-bond donors (Lipinski definition) is 1. The molecule has 0 aliphatic rings. The average Bonchev–Trinajstić information content (AvgIpc) is 2.52. The van der Waals surface area contributed by atoms with Crippen LogP contribution in [0.4, 0.5) is 13.2 Å². The van der Waals surface area contributed by atoms with Gasteiger partial charge >= 0.3 is 6.18 Å². The third kappa shape index (κ3) is 4.18. The van der Waals surface area contributed by atoms with Crippen LogP contribution in [-0.4, -0.2) is 17.1 Å². The lowest BCUT2D eigenvalue weighted by atomic mass is 9.99. The number of halogens is 3. The van der Waals surface area contributed by atoms with Crippen LogP contribution in [-0.2, 0) is 6.42 Å². The van der Waals surface area contributed by atoms with Gasteiger partial charge in [0, 0.05) is 5.56 Å². The number of Topliss-reactive ketones (excluding diaryl/α,β-unsaturated/α-hetero) is 1. The smallest absolute Gasteiger partial charge is 0.388 e. The molecule has 5 heteroatoms. The van der Waals surface area contributed by atoms with E-state index in [1.807, 2.05) is 30.3 Å². The number of aryl methyl sites for hydroxylation is 1. The molecule has 0 radical (unpaired) electrons. The van der Waals surface area contributed by atoms with E-state index in [4.69, 9.17) is 0 Å². The maximum absolute atomic E-state index is 12.3. The standard InChI is InChI=1S/C17H15F3O2/c18-17(19,20)16(22)14-9-7-13(8-10-14)15(21)11-6-12-4-2-1-3-5-12/h1-5,7-10,15,21H,6,11H2. The molecule has 116 valence electrons. The Morgan fingerprint density at radius 2 is 1.59 bits per heavy atom. The molecule has 0 saturated carbocycles. The normalized spacial score (nSPS) is 12.9. The predicted molar refractivity (Wildman–Crippen MR) is 76.6 cm³/mol. The topological polar surface area (TPSA) is 37.3 Å². The van der Waals surface area contributed by atoms with Crippen LogP contribution in [0.25, 0.3) is 0 Å².